The predicted octanol–water partition coefficient (Wildman–Crippen LogP) is 2.12. The summed E-state index contributed by atoms with van der Waals surface area (Å²) in [7, 11) is 0. The van der Waals surface area contributed by atoms with Crippen molar-refractivity contribution in [2.75, 3.05) is 32.8 Å². The summed E-state index contributed by atoms with van der Waals surface area (Å²) in [5.41, 5.74) is 0.356. The van der Waals surface area contributed by atoms with Crippen LogP contribution in [0, 0.1) is 11.3 Å². The molecule has 0 radical (unpaired) electrons. The van der Waals surface area contributed by atoms with Gasteiger partial charge in [-0.1, -0.05) is 27.7 Å². The zero-order valence-corrected chi connectivity index (χ0v) is 12.5. The molecule has 2 heterocycles. The summed E-state index contributed by atoms with van der Waals surface area (Å²) in [6, 6.07) is 0.619. The maximum Gasteiger partial charge on any atom is 0.0613 e. The van der Waals surface area contributed by atoms with Crippen LogP contribution in [0.5, 0.6) is 0 Å². The van der Waals surface area contributed by atoms with Crippen molar-refractivity contribution in [2.45, 2.75) is 52.7 Å². The topological polar surface area (TPSA) is 24.5 Å². The van der Waals surface area contributed by atoms with E-state index < -0.39 is 0 Å². The van der Waals surface area contributed by atoms with E-state index in [0.29, 0.717) is 17.6 Å². The van der Waals surface area contributed by atoms with Crippen LogP contribution in [0.1, 0.15) is 40.5 Å². The molecule has 0 amide bonds. The number of hydrogen-bond donors (Lipinski definition) is 1. The Hall–Kier alpha value is -0.120. The third kappa shape index (κ3) is 3.46. The Labute approximate surface area is 112 Å². The minimum atomic E-state index is 0.356. The summed E-state index contributed by atoms with van der Waals surface area (Å²) >= 11 is 0. The Morgan fingerprint density at radius 3 is 2.78 bits per heavy atom. The lowest BCUT2D eigenvalue weighted by atomic mass is 9.85. The van der Waals surface area contributed by atoms with E-state index >= 15 is 0 Å². The van der Waals surface area contributed by atoms with Crippen LogP contribution in [0.2, 0.25) is 0 Å². The normalized spacial score (nSPS) is 35.0. The zero-order valence-electron chi connectivity index (χ0n) is 12.5. The molecule has 2 aliphatic rings. The van der Waals surface area contributed by atoms with Crippen molar-refractivity contribution < 1.29 is 4.74 Å². The van der Waals surface area contributed by atoms with Gasteiger partial charge < -0.3 is 15.0 Å². The molecule has 0 aromatic heterocycles. The highest BCUT2D eigenvalue weighted by atomic mass is 16.5. The van der Waals surface area contributed by atoms with Gasteiger partial charge in [0, 0.05) is 38.8 Å². The number of ether oxygens (including phenoxy) is 1. The van der Waals surface area contributed by atoms with Gasteiger partial charge in [-0.15, -0.1) is 0 Å². The van der Waals surface area contributed by atoms with Crippen molar-refractivity contribution in [3.63, 3.8) is 0 Å². The standard InChI is InChI=1S/C15H30N2O/c1-5-13-12(6-9-18-13)10-17-8-7-16-14(11-17)15(2,3)4/h12-14,16H,5-11H2,1-4H3. The summed E-state index contributed by atoms with van der Waals surface area (Å²) in [4.78, 5) is 2.65. The quantitative estimate of drug-likeness (QED) is 0.835. The largest absolute Gasteiger partial charge is 0.378 e. The first-order valence-corrected chi connectivity index (χ1v) is 7.58. The van der Waals surface area contributed by atoms with Gasteiger partial charge in [-0.3, -0.25) is 0 Å². The molecule has 0 aromatic carbocycles. The van der Waals surface area contributed by atoms with E-state index in [-0.39, 0.29) is 0 Å². The molecule has 3 unspecified atom stereocenters. The number of nitrogens with zero attached hydrogens (tertiary/aromatic N) is 1. The van der Waals surface area contributed by atoms with Gasteiger partial charge in [0.25, 0.3) is 0 Å². The fourth-order valence-electron chi connectivity index (χ4n) is 3.24. The summed E-state index contributed by atoms with van der Waals surface area (Å²) in [6.07, 6.45) is 2.93. The van der Waals surface area contributed by atoms with Gasteiger partial charge in [0.15, 0.2) is 0 Å². The minimum absolute atomic E-state index is 0.356. The lowest BCUT2D eigenvalue weighted by molar-refractivity contribution is 0.0634. The molecule has 106 valence electrons. The monoisotopic (exact) mass is 254 g/mol. The molecule has 2 fully saturated rings. The lowest BCUT2D eigenvalue weighted by Gasteiger charge is -2.41. The van der Waals surface area contributed by atoms with Crippen LogP contribution in [0.3, 0.4) is 0 Å². The second kappa shape index (κ2) is 5.89. The van der Waals surface area contributed by atoms with Gasteiger partial charge in [0.2, 0.25) is 0 Å². The Kier molecular flexibility index (Phi) is 4.68. The number of piperazine rings is 1. The molecule has 3 nitrogen and oxygen atoms in total. The first kappa shape index (κ1) is 14.3. The second-order valence-electron chi connectivity index (χ2n) is 7.00. The summed E-state index contributed by atoms with van der Waals surface area (Å²) in [5, 5.41) is 3.67. The van der Waals surface area contributed by atoms with Crippen LogP contribution in [-0.2, 0) is 4.74 Å². The highest BCUT2D eigenvalue weighted by Gasteiger charge is 2.33. The van der Waals surface area contributed by atoms with Crippen molar-refractivity contribution in [1.82, 2.24) is 10.2 Å². The van der Waals surface area contributed by atoms with Crippen LogP contribution in [0.4, 0.5) is 0 Å². The van der Waals surface area contributed by atoms with E-state index in [1.54, 1.807) is 0 Å². The minimum Gasteiger partial charge on any atom is -0.378 e. The Bertz CT molecular complexity index is 262. The smallest absolute Gasteiger partial charge is 0.0613 e. The van der Waals surface area contributed by atoms with Gasteiger partial charge in [-0.05, 0) is 24.2 Å². The Morgan fingerprint density at radius 2 is 2.11 bits per heavy atom. The average molecular weight is 254 g/mol. The molecule has 18 heavy (non-hydrogen) atoms. The van der Waals surface area contributed by atoms with Crippen LogP contribution >= 0.6 is 0 Å². The van der Waals surface area contributed by atoms with Gasteiger partial charge >= 0.3 is 0 Å². The Balaban J connectivity index is 1.86. The highest BCUT2D eigenvalue weighted by Crippen LogP contribution is 2.26. The van der Waals surface area contributed by atoms with E-state index in [1.807, 2.05) is 0 Å². The fraction of sp³-hybridized carbons (Fsp3) is 1.00. The van der Waals surface area contributed by atoms with Crippen molar-refractivity contribution in [1.29, 1.82) is 0 Å². The number of rotatable bonds is 3. The molecule has 2 saturated heterocycles. The van der Waals surface area contributed by atoms with Crippen LogP contribution in [0.15, 0.2) is 0 Å². The molecule has 0 bridgehead atoms. The first-order valence-electron chi connectivity index (χ1n) is 7.58. The Morgan fingerprint density at radius 1 is 1.33 bits per heavy atom. The molecule has 0 spiro atoms. The van der Waals surface area contributed by atoms with Crippen molar-refractivity contribution in [2.24, 2.45) is 11.3 Å². The maximum atomic E-state index is 5.81. The van der Waals surface area contributed by atoms with Crippen molar-refractivity contribution in [3.8, 4) is 0 Å². The first-order chi connectivity index (χ1) is 8.50. The van der Waals surface area contributed by atoms with Crippen molar-refractivity contribution in [3.05, 3.63) is 0 Å². The highest BCUT2D eigenvalue weighted by molar-refractivity contribution is 4.89. The molecule has 3 atom stereocenters. The SMILES string of the molecule is CCC1OCCC1CN1CCNC(C(C)(C)C)C1. The van der Waals surface area contributed by atoms with E-state index in [9.17, 15) is 0 Å². The molecular weight excluding hydrogens is 224 g/mol. The molecular formula is C15H30N2O. The van der Waals surface area contributed by atoms with Gasteiger partial charge in [0.1, 0.15) is 0 Å². The lowest BCUT2D eigenvalue weighted by Crippen LogP contribution is -2.56. The molecule has 2 rings (SSSR count). The molecule has 2 aliphatic heterocycles. The van der Waals surface area contributed by atoms with E-state index in [2.05, 4.69) is 37.9 Å². The van der Waals surface area contributed by atoms with Crippen molar-refractivity contribution >= 4 is 0 Å². The summed E-state index contributed by atoms with van der Waals surface area (Å²) in [5.74, 6) is 0.758. The van der Waals surface area contributed by atoms with E-state index in [1.165, 1.54) is 32.5 Å². The maximum absolute atomic E-state index is 5.81. The third-order valence-corrected chi connectivity index (χ3v) is 4.55. The average Bonchev–Trinajstić information content (AvgIpc) is 2.75. The van der Waals surface area contributed by atoms with Crippen LogP contribution < -0.4 is 5.32 Å². The fourth-order valence-corrected chi connectivity index (χ4v) is 3.24. The van der Waals surface area contributed by atoms with Gasteiger partial charge in [-0.25, -0.2) is 0 Å². The number of nitrogens with one attached hydrogen (secondary N) is 1. The molecule has 0 aliphatic carbocycles. The number of hydrogen-bond acceptors (Lipinski definition) is 3. The predicted molar refractivity (Wildman–Crippen MR) is 75.8 cm³/mol. The molecule has 1 N–H and O–H groups in total. The summed E-state index contributed by atoms with van der Waals surface area (Å²) in [6.45, 7) is 15.0. The summed E-state index contributed by atoms with van der Waals surface area (Å²) < 4.78 is 5.81. The zero-order chi connectivity index (χ0) is 13.2. The molecule has 0 saturated carbocycles. The van der Waals surface area contributed by atoms with E-state index in [4.69, 9.17) is 4.74 Å². The second-order valence-corrected chi connectivity index (χ2v) is 7.00. The van der Waals surface area contributed by atoms with Gasteiger partial charge in [0.05, 0.1) is 6.10 Å². The molecule has 3 heteroatoms. The van der Waals surface area contributed by atoms with Crippen LogP contribution in [-0.4, -0.2) is 49.8 Å². The third-order valence-electron chi connectivity index (χ3n) is 4.55. The van der Waals surface area contributed by atoms with Crippen LogP contribution in [0.25, 0.3) is 0 Å². The van der Waals surface area contributed by atoms with Gasteiger partial charge in [-0.2, -0.15) is 0 Å². The van der Waals surface area contributed by atoms with E-state index in [0.717, 1.165) is 19.1 Å². The molecule has 0 aromatic rings.